The van der Waals surface area contributed by atoms with Crippen LogP contribution in [0.4, 0.5) is 0 Å². The molecule has 0 spiro atoms. The minimum absolute atomic E-state index is 0.883. The smallest absolute Gasteiger partial charge is 0.0180 e. The molecule has 0 aromatic heterocycles. The third kappa shape index (κ3) is 1.57. The van der Waals surface area contributed by atoms with Gasteiger partial charge in [0.15, 0.2) is 0 Å². The highest BCUT2D eigenvalue weighted by atomic mass is 33.1. The van der Waals surface area contributed by atoms with E-state index in [1.54, 1.807) is 0 Å². The first-order valence-electron chi connectivity index (χ1n) is 4.59. The van der Waals surface area contributed by atoms with Crippen LogP contribution in [-0.2, 0) is 0 Å². The van der Waals surface area contributed by atoms with Gasteiger partial charge >= 0.3 is 0 Å². The Morgan fingerprint density at radius 1 is 1.18 bits per heavy atom. The summed E-state index contributed by atoms with van der Waals surface area (Å²) < 4.78 is 0. The summed E-state index contributed by atoms with van der Waals surface area (Å²) >= 11 is 0. The summed E-state index contributed by atoms with van der Waals surface area (Å²) in [4.78, 5) is 0. The van der Waals surface area contributed by atoms with Gasteiger partial charge in [0.2, 0.25) is 0 Å². The predicted molar refractivity (Wildman–Crippen MR) is 54.9 cm³/mol. The van der Waals surface area contributed by atoms with Crippen molar-refractivity contribution in [3.63, 3.8) is 0 Å². The lowest BCUT2D eigenvalue weighted by atomic mass is 9.80. The molecule has 64 valence electrons. The minimum atomic E-state index is 0.883. The van der Waals surface area contributed by atoms with Crippen LogP contribution in [0.25, 0.3) is 0 Å². The van der Waals surface area contributed by atoms with Gasteiger partial charge in [-0.25, -0.2) is 0 Å². The van der Waals surface area contributed by atoms with Crippen LogP contribution in [0.2, 0.25) is 0 Å². The fourth-order valence-electron chi connectivity index (χ4n) is 1.80. The van der Waals surface area contributed by atoms with Crippen LogP contribution in [0.5, 0.6) is 0 Å². The Morgan fingerprint density at radius 3 is 2.45 bits per heavy atom. The van der Waals surface area contributed by atoms with Crippen LogP contribution >= 0.6 is 21.6 Å². The van der Waals surface area contributed by atoms with Crippen LogP contribution in [0.15, 0.2) is 0 Å². The number of rotatable bonds is 1. The van der Waals surface area contributed by atoms with Crippen LogP contribution < -0.4 is 0 Å². The van der Waals surface area contributed by atoms with E-state index in [2.05, 4.69) is 35.4 Å². The van der Waals surface area contributed by atoms with E-state index >= 15 is 0 Å². The normalized spacial score (nSPS) is 43.4. The maximum absolute atomic E-state index is 2.36. The molecule has 0 aromatic rings. The molecule has 2 fully saturated rings. The lowest BCUT2D eigenvalue weighted by Gasteiger charge is -2.43. The fraction of sp³-hybridized carbons (Fsp3) is 1.00. The maximum Gasteiger partial charge on any atom is 0.0180 e. The number of hydrogen-bond acceptors (Lipinski definition) is 2. The zero-order valence-electron chi connectivity index (χ0n) is 7.25. The zero-order valence-corrected chi connectivity index (χ0v) is 8.88. The summed E-state index contributed by atoms with van der Waals surface area (Å²) in [5.41, 5.74) is 0. The second-order valence-corrected chi connectivity index (χ2v) is 6.84. The van der Waals surface area contributed by atoms with E-state index in [1.165, 1.54) is 19.3 Å². The molecule has 1 saturated heterocycles. The summed E-state index contributed by atoms with van der Waals surface area (Å²) in [6, 6.07) is 0. The van der Waals surface area contributed by atoms with Gasteiger partial charge in [-0.3, -0.25) is 0 Å². The van der Waals surface area contributed by atoms with Crippen molar-refractivity contribution in [3.8, 4) is 0 Å². The second-order valence-electron chi connectivity index (χ2n) is 4.09. The van der Waals surface area contributed by atoms with Crippen LogP contribution in [0.1, 0.15) is 33.1 Å². The summed E-state index contributed by atoms with van der Waals surface area (Å²) in [5.74, 6) is 1.97. The molecule has 2 rings (SSSR count). The SMILES string of the molecule is CC(C)C1CC2CCC2SS1. The first-order chi connectivity index (χ1) is 5.27. The van der Waals surface area contributed by atoms with Crippen molar-refractivity contribution in [1.82, 2.24) is 0 Å². The standard InChI is InChI=1S/C9H16S2/c1-6(2)9-5-7-3-4-8(7)10-11-9/h6-9H,3-5H2,1-2H3. The van der Waals surface area contributed by atoms with E-state index in [4.69, 9.17) is 0 Å². The van der Waals surface area contributed by atoms with Crippen molar-refractivity contribution in [1.29, 1.82) is 0 Å². The molecule has 3 unspecified atom stereocenters. The molecular weight excluding hydrogens is 172 g/mol. The van der Waals surface area contributed by atoms with Crippen LogP contribution in [0.3, 0.4) is 0 Å². The Bertz CT molecular complexity index is 144. The average Bonchev–Trinajstić information content (AvgIpc) is 1.91. The van der Waals surface area contributed by atoms with Crippen LogP contribution in [0, 0.1) is 11.8 Å². The Kier molecular flexibility index (Phi) is 2.43. The lowest BCUT2D eigenvalue weighted by molar-refractivity contribution is 0.293. The van der Waals surface area contributed by atoms with Crippen molar-refractivity contribution in [2.24, 2.45) is 11.8 Å². The minimum Gasteiger partial charge on any atom is -0.0902 e. The van der Waals surface area contributed by atoms with Gasteiger partial charge in [0.1, 0.15) is 0 Å². The molecule has 3 atom stereocenters. The van der Waals surface area contributed by atoms with E-state index in [1.807, 2.05) is 0 Å². The molecule has 0 nitrogen and oxygen atoms in total. The summed E-state index contributed by atoms with van der Waals surface area (Å²) in [7, 11) is 4.32. The van der Waals surface area contributed by atoms with E-state index in [0.717, 1.165) is 22.3 Å². The largest absolute Gasteiger partial charge is 0.0902 e. The van der Waals surface area contributed by atoms with Gasteiger partial charge < -0.3 is 0 Å². The molecular formula is C9H16S2. The summed E-state index contributed by atoms with van der Waals surface area (Å²) in [5, 5.41) is 1.98. The predicted octanol–water partition coefficient (Wildman–Crippen LogP) is 3.57. The van der Waals surface area contributed by atoms with Crippen LogP contribution in [-0.4, -0.2) is 10.5 Å². The molecule has 0 radical (unpaired) electrons. The maximum atomic E-state index is 2.36. The average molecular weight is 188 g/mol. The topological polar surface area (TPSA) is 0 Å². The molecule has 0 aromatic carbocycles. The van der Waals surface area contributed by atoms with Crippen molar-refractivity contribution in [3.05, 3.63) is 0 Å². The van der Waals surface area contributed by atoms with E-state index in [0.29, 0.717) is 0 Å². The molecule has 0 amide bonds. The van der Waals surface area contributed by atoms with Gasteiger partial charge in [0.05, 0.1) is 0 Å². The van der Waals surface area contributed by atoms with Crippen molar-refractivity contribution in [2.75, 3.05) is 0 Å². The van der Waals surface area contributed by atoms with Gasteiger partial charge in [-0.2, -0.15) is 0 Å². The first-order valence-corrected chi connectivity index (χ1v) is 6.87. The highest BCUT2D eigenvalue weighted by molar-refractivity contribution is 8.77. The van der Waals surface area contributed by atoms with Gasteiger partial charge in [0.25, 0.3) is 0 Å². The summed E-state index contributed by atoms with van der Waals surface area (Å²) in [6.45, 7) is 4.72. The molecule has 2 aliphatic rings. The van der Waals surface area contributed by atoms with E-state index < -0.39 is 0 Å². The third-order valence-corrected chi connectivity index (χ3v) is 6.71. The van der Waals surface area contributed by atoms with Gasteiger partial charge in [-0.1, -0.05) is 35.4 Å². The Morgan fingerprint density at radius 2 is 2.00 bits per heavy atom. The molecule has 1 aliphatic heterocycles. The lowest BCUT2D eigenvalue weighted by Crippen LogP contribution is -2.35. The molecule has 0 bridgehead atoms. The Labute approximate surface area is 77.3 Å². The van der Waals surface area contributed by atoms with Crippen molar-refractivity contribution >= 4 is 21.6 Å². The second kappa shape index (κ2) is 3.21. The van der Waals surface area contributed by atoms with Crippen molar-refractivity contribution in [2.45, 2.75) is 43.6 Å². The Balaban J connectivity index is 1.88. The van der Waals surface area contributed by atoms with Gasteiger partial charge in [-0.05, 0) is 31.1 Å². The molecule has 1 heterocycles. The molecule has 0 N–H and O–H groups in total. The Hall–Kier alpha value is 0.700. The highest BCUT2D eigenvalue weighted by Gasteiger charge is 2.38. The highest BCUT2D eigenvalue weighted by Crippen LogP contribution is 2.54. The molecule has 2 heteroatoms. The number of fused-ring (bicyclic) bond motifs is 1. The molecule has 1 aliphatic carbocycles. The van der Waals surface area contributed by atoms with E-state index in [-0.39, 0.29) is 0 Å². The van der Waals surface area contributed by atoms with Crippen molar-refractivity contribution < 1.29 is 0 Å². The molecule has 1 saturated carbocycles. The monoisotopic (exact) mass is 188 g/mol. The first kappa shape index (κ1) is 8.31. The third-order valence-electron chi connectivity index (χ3n) is 2.93. The zero-order chi connectivity index (χ0) is 7.84. The van der Waals surface area contributed by atoms with Gasteiger partial charge in [0, 0.05) is 10.5 Å². The summed E-state index contributed by atoms with van der Waals surface area (Å²) in [6.07, 6.45) is 4.51. The molecule has 11 heavy (non-hydrogen) atoms. The number of hydrogen-bond donors (Lipinski definition) is 0. The van der Waals surface area contributed by atoms with E-state index in [9.17, 15) is 0 Å². The quantitative estimate of drug-likeness (QED) is 0.577. The fourth-order valence-corrected chi connectivity index (χ4v) is 5.79. The van der Waals surface area contributed by atoms with Gasteiger partial charge in [-0.15, -0.1) is 0 Å².